The van der Waals surface area contributed by atoms with E-state index < -0.39 is 10.0 Å². The maximum absolute atomic E-state index is 12.4. The zero-order chi connectivity index (χ0) is 24.9. The Hall–Kier alpha value is -0.440. The standard InChI is InChI=1S/C25H47ClN2O4S2/c1-3-4-5-6-7-8-9-10-11-12-13-14-15-16-21-33-25(28-34(29,30)22-17-19-26)23(2)32-24-18-20-31-27-24/h18,20,23,25,28H,3-17,19,21-22H2,1-2H3. The molecule has 0 aliphatic heterocycles. The number of hydrogen-bond donors (Lipinski definition) is 1. The smallest absolute Gasteiger partial charge is 0.254 e. The number of alkyl halides is 1. The Kier molecular flexibility index (Phi) is 19.3. The van der Waals surface area contributed by atoms with Crippen LogP contribution in [0.25, 0.3) is 0 Å². The molecule has 1 aromatic heterocycles. The van der Waals surface area contributed by atoms with Crippen LogP contribution >= 0.6 is 23.4 Å². The molecule has 2 unspecified atom stereocenters. The van der Waals surface area contributed by atoms with Crippen LogP contribution in [0, 0.1) is 0 Å². The van der Waals surface area contributed by atoms with Crippen LogP contribution in [0.4, 0.5) is 0 Å². The van der Waals surface area contributed by atoms with Gasteiger partial charge in [-0.15, -0.1) is 23.4 Å². The predicted molar refractivity (Wildman–Crippen MR) is 145 cm³/mol. The third-order valence-electron chi connectivity index (χ3n) is 5.78. The highest BCUT2D eigenvalue weighted by molar-refractivity contribution is 8.00. The number of nitrogens with one attached hydrogen (secondary N) is 1. The maximum Gasteiger partial charge on any atom is 0.254 e. The van der Waals surface area contributed by atoms with Gasteiger partial charge in [0.1, 0.15) is 17.7 Å². The van der Waals surface area contributed by atoms with E-state index in [2.05, 4.69) is 16.8 Å². The minimum atomic E-state index is -3.42. The summed E-state index contributed by atoms with van der Waals surface area (Å²) in [7, 11) is -3.42. The van der Waals surface area contributed by atoms with Crippen LogP contribution in [0.1, 0.15) is 110 Å². The van der Waals surface area contributed by atoms with Crippen LogP contribution in [0.2, 0.25) is 0 Å². The number of nitrogens with zero attached hydrogens (tertiary/aromatic N) is 1. The molecule has 1 aromatic rings. The van der Waals surface area contributed by atoms with E-state index >= 15 is 0 Å². The molecule has 0 aliphatic rings. The van der Waals surface area contributed by atoms with Crippen molar-refractivity contribution in [2.24, 2.45) is 0 Å². The fourth-order valence-electron chi connectivity index (χ4n) is 3.77. The highest BCUT2D eigenvalue weighted by Gasteiger charge is 2.25. The van der Waals surface area contributed by atoms with Crippen molar-refractivity contribution in [3.05, 3.63) is 12.3 Å². The van der Waals surface area contributed by atoms with E-state index in [0.717, 1.165) is 12.2 Å². The first-order chi connectivity index (χ1) is 16.5. The monoisotopic (exact) mass is 538 g/mol. The lowest BCUT2D eigenvalue weighted by molar-refractivity contribution is 0.194. The van der Waals surface area contributed by atoms with Crippen molar-refractivity contribution in [1.82, 2.24) is 9.88 Å². The van der Waals surface area contributed by atoms with E-state index in [1.807, 2.05) is 6.92 Å². The second kappa shape index (κ2) is 20.7. The number of hydrogen-bond acceptors (Lipinski definition) is 6. The van der Waals surface area contributed by atoms with Gasteiger partial charge in [-0.1, -0.05) is 90.4 Å². The first kappa shape index (κ1) is 31.6. The van der Waals surface area contributed by atoms with Crippen LogP contribution in [0.5, 0.6) is 5.88 Å². The van der Waals surface area contributed by atoms with Gasteiger partial charge < -0.3 is 9.26 Å². The maximum atomic E-state index is 12.4. The number of rotatable bonds is 24. The summed E-state index contributed by atoms with van der Waals surface area (Å²) < 4.78 is 38.1. The van der Waals surface area contributed by atoms with Crippen LogP contribution in [-0.4, -0.2) is 42.4 Å². The van der Waals surface area contributed by atoms with E-state index in [0.29, 0.717) is 18.2 Å². The molecule has 0 bridgehead atoms. The third kappa shape index (κ3) is 17.1. The largest absolute Gasteiger partial charge is 0.470 e. The van der Waals surface area contributed by atoms with Crippen molar-refractivity contribution in [2.75, 3.05) is 17.4 Å². The van der Waals surface area contributed by atoms with Gasteiger partial charge in [0.25, 0.3) is 5.88 Å². The number of sulfonamides is 1. The molecule has 0 saturated heterocycles. The highest BCUT2D eigenvalue weighted by Crippen LogP contribution is 2.21. The Morgan fingerprint density at radius 2 is 1.53 bits per heavy atom. The molecule has 1 N–H and O–H groups in total. The molecule has 0 spiro atoms. The summed E-state index contributed by atoms with van der Waals surface area (Å²) >= 11 is 7.26. The molecule has 0 aliphatic carbocycles. The molecule has 0 aromatic carbocycles. The lowest BCUT2D eigenvalue weighted by Crippen LogP contribution is -2.43. The Bertz CT molecular complexity index is 674. The molecule has 34 heavy (non-hydrogen) atoms. The van der Waals surface area contributed by atoms with Crippen LogP contribution in [0.3, 0.4) is 0 Å². The van der Waals surface area contributed by atoms with Crippen molar-refractivity contribution in [2.45, 2.75) is 122 Å². The summed E-state index contributed by atoms with van der Waals surface area (Å²) in [6, 6.07) is 1.62. The van der Waals surface area contributed by atoms with Gasteiger partial charge in [-0.25, -0.2) is 8.42 Å². The average molecular weight is 539 g/mol. The fraction of sp³-hybridized carbons (Fsp3) is 0.880. The molecular formula is C25H47ClN2O4S2. The molecule has 200 valence electrons. The zero-order valence-electron chi connectivity index (χ0n) is 21.3. The quantitative estimate of drug-likeness (QED) is 0.0831. The van der Waals surface area contributed by atoms with E-state index in [1.165, 1.54) is 89.7 Å². The normalized spacial score (nSPS) is 13.7. The van der Waals surface area contributed by atoms with Crippen molar-refractivity contribution in [1.29, 1.82) is 0 Å². The minimum Gasteiger partial charge on any atom is -0.470 e. The number of unbranched alkanes of at least 4 members (excludes halogenated alkanes) is 13. The zero-order valence-corrected chi connectivity index (χ0v) is 23.7. The van der Waals surface area contributed by atoms with E-state index in [9.17, 15) is 8.42 Å². The third-order valence-corrected chi connectivity index (χ3v) is 9.03. The highest BCUT2D eigenvalue weighted by atomic mass is 35.5. The van der Waals surface area contributed by atoms with E-state index in [1.54, 1.807) is 17.8 Å². The first-order valence-corrected chi connectivity index (χ1v) is 16.5. The Labute approximate surface area is 217 Å². The second-order valence-electron chi connectivity index (χ2n) is 9.03. The topological polar surface area (TPSA) is 81.4 Å². The van der Waals surface area contributed by atoms with Gasteiger partial charge in [0, 0.05) is 11.9 Å². The lowest BCUT2D eigenvalue weighted by Gasteiger charge is -2.24. The molecule has 1 rings (SSSR count). The molecule has 0 amide bonds. The number of ether oxygens (including phenoxy) is 1. The molecule has 1 heterocycles. The number of aromatic nitrogens is 1. The van der Waals surface area contributed by atoms with Gasteiger partial charge in [-0.05, 0) is 30.7 Å². The van der Waals surface area contributed by atoms with Crippen molar-refractivity contribution in [3.63, 3.8) is 0 Å². The van der Waals surface area contributed by atoms with Gasteiger partial charge in [0.2, 0.25) is 10.0 Å². The van der Waals surface area contributed by atoms with Crippen LogP contribution in [-0.2, 0) is 10.0 Å². The van der Waals surface area contributed by atoms with Gasteiger partial charge in [-0.3, -0.25) is 0 Å². The van der Waals surface area contributed by atoms with Gasteiger partial charge >= 0.3 is 0 Å². The Morgan fingerprint density at radius 1 is 0.971 bits per heavy atom. The molecule has 9 heteroatoms. The summed E-state index contributed by atoms with van der Waals surface area (Å²) in [6.07, 6.45) is 20.0. The van der Waals surface area contributed by atoms with E-state index in [4.69, 9.17) is 20.9 Å². The summed E-state index contributed by atoms with van der Waals surface area (Å²) in [6.45, 7) is 4.12. The second-order valence-corrected chi connectivity index (χ2v) is 12.5. The molecular weight excluding hydrogens is 492 g/mol. The molecule has 6 nitrogen and oxygen atoms in total. The number of thioether (sulfide) groups is 1. The molecule has 0 saturated carbocycles. The average Bonchev–Trinajstić information content (AvgIpc) is 3.32. The van der Waals surface area contributed by atoms with Gasteiger partial charge in [-0.2, -0.15) is 4.72 Å². The lowest BCUT2D eigenvalue weighted by atomic mass is 10.0. The number of halogens is 1. The summed E-state index contributed by atoms with van der Waals surface area (Å²) in [5.74, 6) is 1.58. The van der Waals surface area contributed by atoms with Crippen molar-refractivity contribution >= 4 is 33.4 Å². The molecule has 0 fully saturated rings. The summed E-state index contributed by atoms with van der Waals surface area (Å²) in [4.78, 5) is 0. The molecule has 2 atom stereocenters. The van der Waals surface area contributed by atoms with E-state index in [-0.39, 0.29) is 17.2 Å². The van der Waals surface area contributed by atoms with Gasteiger partial charge in [0.05, 0.1) is 5.75 Å². The Balaban J connectivity index is 2.18. The minimum absolute atomic E-state index is 0.0170. The molecule has 0 radical (unpaired) electrons. The summed E-state index contributed by atoms with van der Waals surface area (Å²) in [5, 5.41) is 3.37. The first-order valence-electron chi connectivity index (χ1n) is 13.2. The van der Waals surface area contributed by atoms with Crippen molar-refractivity contribution < 1.29 is 17.7 Å². The summed E-state index contributed by atoms with van der Waals surface area (Å²) in [5.41, 5.74) is 0. The fourth-order valence-corrected chi connectivity index (χ4v) is 6.91. The van der Waals surface area contributed by atoms with Crippen LogP contribution < -0.4 is 9.46 Å². The SMILES string of the molecule is CCCCCCCCCCCCCCCCSC(NS(=O)(=O)CCCCl)C(C)Oc1ccon1. The van der Waals surface area contributed by atoms with Crippen molar-refractivity contribution in [3.8, 4) is 5.88 Å². The predicted octanol–water partition coefficient (Wildman–Crippen LogP) is 7.53. The van der Waals surface area contributed by atoms with Gasteiger partial charge in [0.15, 0.2) is 0 Å². The Morgan fingerprint density at radius 3 is 2.03 bits per heavy atom. The van der Waals surface area contributed by atoms with Crippen LogP contribution in [0.15, 0.2) is 16.9 Å².